The van der Waals surface area contributed by atoms with Crippen molar-refractivity contribution < 1.29 is 9.59 Å². The van der Waals surface area contributed by atoms with Gasteiger partial charge in [-0.05, 0) is 26.0 Å². The van der Waals surface area contributed by atoms with Crippen molar-refractivity contribution in [1.82, 2.24) is 15.6 Å². The topological polar surface area (TPSA) is 71.1 Å². The molecular weight excluding hydrogens is 242 g/mol. The molecule has 2 amide bonds. The van der Waals surface area contributed by atoms with Crippen LogP contribution >= 0.6 is 11.6 Å². The maximum atomic E-state index is 11.7. The zero-order chi connectivity index (χ0) is 12.8. The van der Waals surface area contributed by atoms with Gasteiger partial charge in [0.2, 0.25) is 5.91 Å². The molecule has 6 heteroatoms. The van der Waals surface area contributed by atoms with Crippen LogP contribution in [0.3, 0.4) is 0 Å². The van der Waals surface area contributed by atoms with Crippen LogP contribution in [0.1, 0.15) is 24.2 Å². The van der Waals surface area contributed by atoms with E-state index in [0.717, 1.165) is 0 Å². The lowest BCUT2D eigenvalue weighted by Crippen LogP contribution is -2.44. The number of rotatable bonds is 4. The number of aromatic nitrogens is 1. The highest BCUT2D eigenvalue weighted by molar-refractivity contribution is 6.29. The lowest BCUT2D eigenvalue weighted by atomic mass is 10.2. The van der Waals surface area contributed by atoms with Crippen LogP contribution in [0, 0.1) is 0 Å². The molecule has 0 unspecified atom stereocenters. The Labute approximate surface area is 105 Å². The van der Waals surface area contributed by atoms with E-state index >= 15 is 0 Å². The highest BCUT2D eigenvalue weighted by Crippen LogP contribution is 2.05. The van der Waals surface area contributed by atoms with E-state index in [4.69, 9.17) is 11.6 Å². The van der Waals surface area contributed by atoms with E-state index in [-0.39, 0.29) is 11.8 Å². The van der Waals surface area contributed by atoms with E-state index < -0.39 is 6.04 Å². The SMILES string of the molecule is CCNC(=O)[C@@H](C)NC(=O)c1ccc(Cl)nc1. The van der Waals surface area contributed by atoms with Gasteiger partial charge in [0.1, 0.15) is 11.2 Å². The molecule has 0 aliphatic rings. The van der Waals surface area contributed by atoms with Gasteiger partial charge in [-0.25, -0.2) is 4.98 Å². The second-order valence-electron chi connectivity index (χ2n) is 3.46. The van der Waals surface area contributed by atoms with Gasteiger partial charge in [-0.2, -0.15) is 0 Å². The molecule has 0 aliphatic heterocycles. The zero-order valence-electron chi connectivity index (χ0n) is 9.66. The number of amides is 2. The first kappa shape index (κ1) is 13.4. The summed E-state index contributed by atoms with van der Waals surface area (Å²) < 4.78 is 0. The van der Waals surface area contributed by atoms with E-state index in [0.29, 0.717) is 17.3 Å². The van der Waals surface area contributed by atoms with Gasteiger partial charge >= 0.3 is 0 Å². The summed E-state index contributed by atoms with van der Waals surface area (Å²) in [5.41, 5.74) is 0.366. The largest absolute Gasteiger partial charge is 0.355 e. The number of carbonyl (C=O) groups is 2. The Morgan fingerprint density at radius 3 is 2.71 bits per heavy atom. The van der Waals surface area contributed by atoms with Crippen molar-refractivity contribution in [2.45, 2.75) is 19.9 Å². The van der Waals surface area contributed by atoms with Gasteiger partial charge < -0.3 is 10.6 Å². The standard InChI is InChI=1S/C11H14ClN3O2/c1-3-13-10(16)7(2)15-11(17)8-4-5-9(12)14-6-8/h4-7H,3H2,1-2H3,(H,13,16)(H,15,17)/t7-/m1/s1. The van der Waals surface area contributed by atoms with Gasteiger partial charge in [0.05, 0.1) is 5.56 Å². The summed E-state index contributed by atoms with van der Waals surface area (Å²) in [5, 5.41) is 5.50. The van der Waals surface area contributed by atoms with E-state index in [1.54, 1.807) is 13.0 Å². The van der Waals surface area contributed by atoms with Gasteiger partial charge in [0.25, 0.3) is 5.91 Å². The van der Waals surface area contributed by atoms with Crippen LogP contribution in [0.5, 0.6) is 0 Å². The Bertz CT molecular complexity index is 406. The third-order valence-corrected chi connectivity index (χ3v) is 2.31. The van der Waals surface area contributed by atoms with Crippen LogP contribution in [0.15, 0.2) is 18.3 Å². The average molecular weight is 256 g/mol. The molecule has 92 valence electrons. The third-order valence-electron chi connectivity index (χ3n) is 2.08. The molecule has 17 heavy (non-hydrogen) atoms. The number of likely N-dealkylation sites (N-methyl/N-ethyl adjacent to an activating group) is 1. The molecule has 0 spiro atoms. The summed E-state index contributed by atoms with van der Waals surface area (Å²) in [5.74, 6) is -0.573. The Kier molecular flexibility index (Phi) is 4.90. The van der Waals surface area contributed by atoms with Crippen molar-refractivity contribution in [1.29, 1.82) is 0 Å². The predicted octanol–water partition coefficient (Wildman–Crippen LogP) is 0.989. The van der Waals surface area contributed by atoms with Crippen molar-refractivity contribution in [3.05, 3.63) is 29.0 Å². The quantitative estimate of drug-likeness (QED) is 0.789. The second kappa shape index (κ2) is 6.20. The van der Waals surface area contributed by atoms with E-state index in [9.17, 15) is 9.59 Å². The molecule has 0 fully saturated rings. The molecule has 1 heterocycles. The molecule has 1 rings (SSSR count). The van der Waals surface area contributed by atoms with Crippen LogP contribution in [0.2, 0.25) is 5.15 Å². The molecule has 0 aliphatic carbocycles. The number of nitrogens with zero attached hydrogens (tertiary/aromatic N) is 1. The molecule has 2 N–H and O–H groups in total. The maximum Gasteiger partial charge on any atom is 0.253 e. The molecule has 1 aromatic heterocycles. The van der Waals surface area contributed by atoms with Crippen LogP contribution in [-0.4, -0.2) is 29.4 Å². The number of hydrogen-bond donors (Lipinski definition) is 2. The molecule has 5 nitrogen and oxygen atoms in total. The molecule has 0 radical (unpaired) electrons. The number of carbonyl (C=O) groups excluding carboxylic acids is 2. The normalized spacial score (nSPS) is 11.7. The lowest BCUT2D eigenvalue weighted by Gasteiger charge is -2.13. The van der Waals surface area contributed by atoms with Crippen molar-refractivity contribution in [2.24, 2.45) is 0 Å². The van der Waals surface area contributed by atoms with Gasteiger partial charge in [0, 0.05) is 12.7 Å². The first-order valence-corrected chi connectivity index (χ1v) is 5.62. The maximum absolute atomic E-state index is 11.7. The Hall–Kier alpha value is -1.62. The summed E-state index contributed by atoms with van der Waals surface area (Å²) >= 11 is 5.61. The summed E-state index contributed by atoms with van der Waals surface area (Å²) in [6, 6.07) is 2.49. The van der Waals surface area contributed by atoms with Crippen LogP contribution in [-0.2, 0) is 4.79 Å². The van der Waals surface area contributed by atoms with Crippen LogP contribution < -0.4 is 10.6 Å². The fourth-order valence-corrected chi connectivity index (χ4v) is 1.29. The van der Waals surface area contributed by atoms with E-state index in [1.807, 2.05) is 6.92 Å². The summed E-state index contributed by atoms with van der Waals surface area (Å²) in [4.78, 5) is 26.9. The molecule has 0 aromatic carbocycles. The fraction of sp³-hybridized carbons (Fsp3) is 0.364. The molecular formula is C11H14ClN3O2. The first-order valence-electron chi connectivity index (χ1n) is 5.24. The second-order valence-corrected chi connectivity index (χ2v) is 3.85. The third kappa shape index (κ3) is 4.03. The Morgan fingerprint density at radius 2 is 2.18 bits per heavy atom. The zero-order valence-corrected chi connectivity index (χ0v) is 10.4. The number of nitrogens with one attached hydrogen (secondary N) is 2. The lowest BCUT2D eigenvalue weighted by molar-refractivity contribution is -0.122. The van der Waals surface area contributed by atoms with Crippen molar-refractivity contribution >= 4 is 23.4 Å². The van der Waals surface area contributed by atoms with Gasteiger partial charge in [0.15, 0.2) is 0 Å². The monoisotopic (exact) mass is 255 g/mol. The minimum absolute atomic E-state index is 0.220. The first-order chi connectivity index (χ1) is 8.04. The Balaban J connectivity index is 2.60. The fourth-order valence-electron chi connectivity index (χ4n) is 1.18. The van der Waals surface area contributed by atoms with Crippen molar-refractivity contribution in [3.63, 3.8) is 0 Å². The summed E-state index contributed by atoms with van der Waals surface area (Å²) in [6.45, 7) is 3.96. The minimum atomic E-state index is -0.585. The van der Waals surface area contributed by atoms with Gasteiger partial charge in [-0.1, -0.05) is 11.6 Å². The van der Waals surface area contributed by atoms with E-state index in [2.05, 4.69) is 15.6 Å². The summed E-state index contributed by atoms with van der Waals surface area (Å²) in [6.07, 6.45) is 1.36. The smallest absolute Gasteiger partial charge is 0.253 e. The van der Waals surface area contributed by atoms with Crippen molar-refractivity contribution in [2.75, 3.05) is 6.54 Å². The molecule has 1 atom stereocenters. The summed E-state index contributed by atoms with van der Waals surface area (Å²) in [7, 11) is 0. The van der Waals surface area contributed by atoms with Crippen molar-refractivity contribution in [3.8, 4) is 0 Å². The van der Waals surface area contributed by atoms with Crippen LogP contribution in [0.25, 0.3) is 0 Å². The molecule has 0 bridgehead atoms. The van der Waals surface area contributed by atoms with E-state index in [1.165, 1.54) is 12.3 Å². The molecule has 0 saturated carbocycles. The highest BCUT2D eigenvalue weighted by Gasteiger charge is 2.15. The molecule has 0 saturated heterocycles. The average Bonchev–Trinajstić information content (AvgIpc) is 2.30. The Morgan fingerprint density at radius 1 is 1.47 bits per heavy atom. The number of halogens is 1. The van der Waals surface area contributed by atoms with Crippen LogP contribution in [0.4, 0.5) is 0 Å². The number of pyridine rings is 1. The van der Waals surface area contributed by atoms with Gasteiger partial charge in [-0.3, -0.25) is 9.59 Å². The number of hydrogen-bond acceptors (Lipinski definition) is 3. The predicted molar refractivity (Wildman–Crippen MR) is 64.9 cm³/mol. The molecule has 1 aromatic rings. The highest BCUT2D eigenvalue weighted by atomic mass is 35.5. The minimum Gasteiger partial charge on any atom is -0.355 e. The van der Waals surface area contributed by atoms with Gasteiger partial charge in [-0.15, -0.1) is 0 Å².